The lowest BCUT2D eigenvalue weighted by atomic mass is 9.88. The van der Waals surface area contributed by atoms with Gasteiger partial charge in [0.25, 0.3) is 0 Å². The number of hydrogen-bond donors (Lipinski definition) is 0. The average molecular weight is 299 g/mol. The van der Waals surface area contributed by atoms with Crippen LogP contribution in [0.15, 0.2) is 52.6 Å². The maximum atomic E-state index is 2.51. The minimum absolute atomic E-state index is 0.346. The normalized spacial score (nSPS) is 24.5. The van der Waals surface area contributed by atoms with E-state index in [0.717, 1.165) is 5.92 Å². The Balaban J connectivity index is 2.38. The molecule has 0 radical (unpaired) electrons. The summed E-state index contributed by atoms with van der Waals surface area (Å²) in [6, 6.07) is 11.2. The summed E-state index contributed by atoms with van der Waals surface area (Å²) in [5.74, 6) is 0.790. The Labute approximate surface area is 133 Å². The highest BCUT2D eigenvalue weighted by molar-refractivity contribution is 6.58. The third-order valence-electron chi connectivity index (χ3n) is 5.72. The van der Waals surface area contributed by atoms with Gasteiger partial charge in [-0.15, -0.1) is 0 Å². The summed E-state index contributed by atoms with van der Waals surface area (Å²) in [6.07, 6.45) is 2.55. The van der Waals surface area contributed by atoms with E-state index in [2.05, 4.69) is 71.9 Å². The van der Waals surface area contributed by atoms with E-state index in [0.29, 0.717) is 5.04 Å². The lowest BCUT2D eigenvalue weighted by Crippen LogP contribution is -2.29. The fourth-order valence-electron chi connectivity index (χ4n) is 3.68. The van der Waals surface area contributed by atoms with Crippen LogP contribution in [-0.2, 0) is 0 Å². The molecular weight excluding hydrogens is 268 g/mol. The Morgan fingerprint density at radius 3 is 2.24 bits per heavy atom. The SMILES string of the molecule is CCC(C)CC1=C(C)C(C)=C(C)C1(C)[SiH2]c1ccccc1. The molecule has 2 atom stereocenters. The van der Waals surface area contributed by atoms with Gasteiger partial charge >= 0.3 is 0 Å². The molecule has 1 aromatic rings. The molecule has 0 bridgehead atoms. The van der Waals surface area contributed by atoms with Gasteiger partial charge in [-0.3, -0.25) is 0 Å². The zero-order valence-corrected chi connectivity index (χ0v) is 16.0. The second kappa shape index (κ2) is 6.35. The Kier molecular flexibility index (Phi) is 4.93. The molecule has 21 heavy (non-hydrogen) atoms. The summed E-state index contributed by atoms with van der Waals surface area (Å²) < 4.78 is 0. The topological polar surface area (TPSA) is 0 Å². The fraction of sp³-hybridized carbons (Fsp3) is 0.500. The fourth-order valence-corrected chi connectivity index (χ4v) is 6.15. The summed E-state index contributed by atoms with van der Waals surface area (Å²) in [5, 5.41) is 1.93. The molecule has 0 aromatic heterocycles. The number of rotatable bonds is 5. The van der Waals surface area contributed by atoms with E-state index >= 15 is 0 Å². The summed E-state index contributed by atoms with van der Waals surface area (Å²) in [6.45, 7) is 14.3. The number of allylic oxidation sites excluding steroid dienone is 4. The van der Waals surface area contributed by atoms with Gasteiger partial charge in [-0.2, -0.15) is 0 Å². The smallest absolute Gasteiger partial charge is 0.0656 e. The van der Waals surface area contributed by atoms with Crippen LogP contribution in [-0.4, -0.2) is 9.52 Å². The Morgan fingerprint density at radius 2 is 1.67 bits per heavy atom. The van der Waals surface area contributed by atoms with E-state index < -0.39 is 0 Å². The highest BCUT2D eigenvalue weighted by Crippen LogP contribution is 2.53. The first-order valence-electron chi connectivity index (χ1n) is 8.32. The van der Waals surface area contributed by atoms with Crippen LogP contribution in [0, 0.1) is 5.92 Å². The molecular formula is C20H30Si. The zero-order chi connectivity index (χ0) is 15.6. The van der Waals surface area contributed by atoms with Gasteiger partial charge in [0.15, 0.2) is 0 Å². The van der Waals surface area contributed by atoms with Crippen LogP contribution in [0.25, 0.3) is 0 Å². The maximum absolute atomic E-state index is 2.51. The van der Waals surface area contributed by atoms with Crippen molar-refractivity contribution in [2.75, 3.05) is 0 Å². The molecule has 114 valence electrons. The van der Waals surface area contributed by atoms with Crippen molar-refractivity contribution >= 4 is 14.7 Å². The van der Waals surface area contributed by atoms with Gasteiger partial charge in [-0.25, -0.2) is 0 Å². The quantitative estimate of drug-likeness (QED) is 0.687. The van der Waals surface area contributed by atoms with Gasteiger partial charge < -0.3 is 0 Å². The van der Waals surface area contributed by atoms with E-state index in [9.17, 15) is 0 Å². The van der Waals surface area contributed by atoms with Crippen molar-refractivity contribution in [3.8, 4) is 0 Å². The van der Waals surface area contributed by atoms with Crippen molar-refractivity contribution in [3.63, 3.8) is 0 Å². The van der Waals surface area contributed by atoms with Crippen LogP contribution in [0.4, 0.5) is 0 Å². The van der Waals surface area contributed by atoms with Crippen molar-refractivity contribution in [1.82, 2.24) is 0 Å². The summed E-state index contributed by atoms with van der Waals surface area (Å²) in [5.41, 5.74) is 6.51. The van der Waals surface area contributed by atoms with Crippen LogP contribution in [0.5, 0.6) is 0 Å². The molecule has 0 saturated carbocycles. The predicted molar refractivity (Wildman–Crippen MR) is 98.1 cm³/mol. The first-order valence-corrected chi connectivity index (χ1v) is 9.74. The highest BCUT2D eigenvalue weighted by Gasteiger charge is 2.38. The standard InChI is InChI=1S/C20H30Si/c1-7-14(2)13-19-16(4)15(3)17(5)20(19,6)21-18-11-9-8-10-12-18/h8-12,14H,7,13,21H2,1-6H3. The van der Waals surface area contributed by atoms with E-state index in [4.69, 9.17) is 0 Å². The highest BCUT2D eigenvalue weighted by atomic mass is 28.2. The Morgan fingerprint density at radius 1 is 1.05 bits per heavy atom. The molecule has 0 nitrogen and oxygen atoms in total. The maximum Gasteiger partial charge on any atom is 0.0705 e. The average Bonchev–Trinajstić information content (AvgIpc) is 2.64. The molecule has 0 fully saturated rings. The van der Waals surface area contributed by atoms with Crippen LogP contribution in [0.2, 0.25) is 5.04 Å². The third-order valence-corrected chi connectivity index (χ3v) is 8.27. The van der Waals surface area contributed by atoms with Crippen molar-refractivity contribution in [1.29, 1.82) is 0 Å². The largest absolute Gasteiger partial charge is 0.0705 e. The lowest BCUT2D eigenvalue weighted by molar-refractivity contribution is 0.536. The van der Waals surface area contributed by atoms with E-state index in [-0.39, 0.29) is 9.52 Å². The van der Waals surface area contributed by atoms with Crippen molar-refractivity contribution in [2.45, 2.75) is 59.4 Å². The molecule has 1 heteroatoms. The number of hydrogen-bond acceptors (Lipinski definition) is 0. The molecule has 1 aliphatic carbocycles. The third kappa shape index (κ3) is 3.08. The van der Waals surface area contributed by atoms with Crippen LogP contribution in [0.1, 0.15) is 54.4 Å². The van der Waals surface area contributed by atoms with Crippen molar-refractivity contribution in [2.24, 2.45) is 5.92 Å². The van der Waals surface area contributed by atoms with Gasteiger partial charge in [-0.1, -0.05) is 73.9 Å². The summed E-state index contributed by atoms with van der Waals surface area (Å²) in [7, 11) is -0.356. The minimum atomic E-state index is -0.356. The molecule has 0 aliphatic heterocycles. The first-order chi connectivity index (χ1) is 9.90. The predicted octanol–water partition coefficient (Wildman–Crippen LogP) is 4.76. The molecule has 0 spiro atoms. The van der Waals surface area contributed by atoms with E-state index in [1.807, 2.05) is 0 Å². The molecule has 0 saturated heterocycles. The van der Waals surface area contributed by atoms with Gasteiger partial charge in [0.2, 0.25) is 0 Å². The summed E-state index contributed by atoms with van der Waals surface area (Å²) >= 11 is 0. The molecule has 1 aromatic carbocycles. The second-order valence-electron chi connectivity index (χ2n) is 7.07. The van der Waals surface area contributed by atoms with Gasteiger partial charge in [-0.05, 0) is 44.3 Å². The number of benzene rings is 1. The Bertz CT molecular complexity index is 565. The van der Waals surface area contributed by atoms with Gasteiger partial charge in [0.1, 0.15) is 0 Å². The van der Waals surface area contributed by atoms with Crippen molar-refractivity contribution in [3.05, 3.63) is 52.6 Å². The molecule has 1 aliphatic rings. The Hall–Kier alpha value is -1.08. The monoisotopic (exact) mass is 298 g/mol. The molecule has 0 heterocycles. The van der Waals surface area contributed by atoms with Gasteiger partial charge in [0, 0.05) is 5.04 Å². The van der Waals surface area contributed by atoms with Crippen LogP contribution >= 0.6 is 0 Å². The van der Waals surface area contributed by atoms with Crippen molar-refractivity contribution < 1.29 is 0 Å². The van der Waals surface area contributed by atoms with Crippen LogP contribution < -0.4 is 5.19 Å². The zero-order valence-electron chi connectivity index (χ0n) is 14.6. The molecule has 0 amide bonds. The summed E-state index contributed by atoms with van der Waals surface area (Å²) in [4.78, 5) is 0. The second-order valence-corrected chi connectivity index (χ2v) is 9.65. The molecule has 2 unspecified atom stereocenters. The molecule has 0 N–H and O–H groups in total. The minimum Gasteiger partial charge on any atom is -0.0656 e. The molecule has 2 rings (SSSR count). The van der Waals surface area contributed by atoms with E-state index in [1.54, 1.807) is 27.5 Å². The lowest BCUT2D eigenvalue weighted by Gasteiger charge is -2.32. The van der Waals surface area contributed by atoms with Crippen LogP contribution in [0.3, 0.4) is 0 Å². The van der Waals surface area contributed by atoms with Gasteiger partial charge in [0.05, 0.1) is 9.52 Å². The van der Waals surface area contributed by atoms with E-state index in [1.165, 1.54) is 12.8 Å². The first kappa shape index (κ1) is 16.3.